The Kier molecular flexibility index (Phi) is 2.32. The summed E-state index contributed by atoms with van der Waals surface area (Å²) in [5.41, 5.74) is 8.57. The van der Waals surface area contributed by atoms with E-state index >= 15 is 0 Å². The highest BCUT2D eigenvalue weighted by atomic mass is 15.1. The number of rotatable bonds is 2. The van der Waals surface area contributed by atoms with Crippen LogP contribution in [-0.4, -0.2) is 22.5 Å². The lowest BCUT2D eigenvalue weighted by molar-refractivity contribution is 0.538. The summed E-state index contributed by atoms with van der Waals surface area (Å²) in [5, 5.41) is 17.4. The van der Waals surface area contributed by atoms with E-state index in [4.69, 9.17) is 11.1 Å². The first-order valence-corrected chi connectivity index (χ1v) is 4.52. The number of aromatic amines is 1. The zero-order valence-corrected chi connectivity index (χ0v) is 7.75. The van der Waals surface area contributed by atoms with E-state index < -0.39 is 0 Å². The van der Waals surface area contributed by atoms with Gasteiger partial charge in [-0.1, -0.05) is 0 Å². The summed E-state index contributed by atoms with van der Waals surface area (Å²) in [7, 11) is 0. The predicted octanol–water partition coefficient (Wildman–Crippen LogP) is -0.0838. The van der Waals surface area contributed by atoms with Crippen LogP contribution in [-0.2, 0) is 13.0 Å². The van der Waals surface area contributed by atoms with Crippen LogP contribution in [0.25, 0.3) is 0 Å². The van der Waals surface area contributed by atoms with Gasteiger partial charge < -0.3 is 16.5 Å². The highest BCUT2D eigenvalue weighted by Crippen LogP contribution is 2.16. The summed E-state index contributed by atoms with van der Waals surface area (Å²) in [4.78, 5) is 0. The van der Waals surface area contributed by atoms with Crippen LogP contribution in [0, 0.1) is 5.41 Å². The lowest BCUT2D eigenvalue weighted by atomic mass is 9.98. The van der Waals surface area contributed by atoms with Crippen LogP contribution in [0.15, 0.2) is 18.0 Å². The van der Waals surface area contributed by atoms with Crippen LogP contribution < -0.4 is 11.1 Å². The van der Waals surface area contributed by atoms with Gasteiger partial charge in [-0.25, -0.2) is 0 Å². The van der Waals surface area contributed by atoms with Gasteiger partial charge in [0.05, 0.1) is 6.20 Å². The molecule has 0 spiro atoms. The van der Waals surface area contributed by atoms with Gasteiger partial charge in [0.2, 0.25) is 0 Å². The first-order valence-electron chi connectivity index (χ1n) is 4.52. The summed E-state index contributed by atoms with van der Waals surface area (Å²) in [6.07, 6.45) is 5.41. The van der Waals surface area contributed by atoms with Crippen LogP contribution >= 0.6 is 0 Å². The van der Waals surface area contributed by atoms with E-state index in [1.54, 1.807) is 0 Å². The molecule has 1 unspecified atom stereocenters. The van der Waals surface area contributed by atoms with Crippen LogP contribution in [0.4, 0.5) is 0 Å². The number of nitrogens with one attached hydrogen (secondary N) is 3. The van der Waals surface area contributed by atoms with Crippen molar-refractivity contribution in [3.8, 4) is 0 Å². The summed E-state index contributed by atoms with van der Waals surface area (Å²) < 4.78 is 0. The average Bonchev–Trinajstić information content (AvgIpc) is 2.66. The molecule has 74 valence electrons. The van der Waals surface area contributed by atoms with Crippen molar-refractivity contribution in [2.75, 3.05) is 0 Å². The molecule has 2 heterocycles. The Labute approximate surface area is 81.9 Å². The number of hydrogen-bond acceptors (Lipinski definition) is 4. The van der Waals surface area contributed by atoms with Crippen molar-refractivity contribution in [1.29, 1.82) is 5.41 Å². The van der Waals surface area contributed by atoms with E-state index in [0.717, 1.165) is 24.2 Å². The van der Waals surface area contributed by atoms with Gasteiger partial charge >= 0.3 is 0 Å². The third-order valence-corrected chi connectivity index (χ3v) is 2.52. The van der Waals surface area contributed by atoms with Crippen molar-refractivity contribution in [1.82, 2.24) is 15.5 Å². The van der Waals surface area contributed by atoms with Crippen LogP contribution in [0.2, 0.25) is 0 Å². The van der Waals surface area contributed by atoms with Crippen molar-refractivity contribution in [2.45, 2.75) is 19.0 Å². The zero-order valence-electron chi connectivity index (χ0n) is 7.75. The second kappa shape index (κ2) is 3.63. The lowest BCUT2D eigenvalue weighted by Gasteiger charge is -2.23. The molecule has 0 amide bonds. The maximum absolute atomic E-state index is 7.20. The van der Waals surface area contributed by atoms with Crippen LogP contribution in [0.5, 0.6) is 0 Å². The lowest BCUT2D eigenvalue weighted by Crippen LogP contribution is -2.37. The molecule has 2 rings (SSSR count). The molecule has 0 fully saturated rings. The predicted molar refractivity (Wildman–Crippen MR) is 54.0 cm³/mol. The molecule has 1 aromatic heterocycles. The van der Waals surface area contributed by atoms with Crippen molar-refractivity contribution in [3.05, 3.63) is 29.2 Å². The molecule has 5 N–H and O–H groups in total. The van der Waals surface area contributed by atoms with Crippen molar-refractivity contribution >= 4 is 6.21 Å². The molecule has 1 aliphatic heterocycles. The number of H-pyrrole nitrogens is 1. The number of nitrogens with two attached hydrogens (primary N) is 1. The Morgan fingerprint density at radius 2 is 2.57 bits per heavy atom. The third kappa shape index (κ3) is 1.42. The van der Waals surface area contributed by atoms with Gasteiger partial charge in [-0.15, -0.1) is 0 Å². The minimum atomic E-state index is 0.130. The minimum Gasteiger partial charge on any atom is -0.404 e. The fourth-order valence-corrected chi connectivity index (χ4v) is 1.68. The Morgan fingerprint density at radius 1 is 1.71 bits per heavy atom. The van der Waals surface area contributed by atoms with Gasteiger partial charge in [0.1, 0.15) is 0 Å². The SMILES string of the molecule is N=C/C(=C\N)C1Cc2[nH]ncc2CN1. The molecule has 1 aromatic rings. The molecule has 14 heavy (non-hydrogen) atoms. The Hall–Kier alpha value is -1.62. The topological polar surface area (TPSA) is 90.6 Å². The van der Waals surface area contributed by atoms with E-state index in [1.807, 2.05) is 6.20 Å². The van der Waals surface area contributed by atoms with Gasteiger partial charge in [-0.2, -0.15) is 5.10 Å². The van der Waals surface area contributed by atoms with E-state index in [1.165, 1.54) is 18.0 Å². The Morgan fingerprint density at radius 3 is 3.29 bits per heavy atom. The molecule has 0 saturated heterocycles. The quantitative estimate of drug-likeness (QED) is 0.493. The normalized spacial score (nSPS) is 21.7. The van der Waals surface area contributed by atoms with Gasteiger partial charge in [-0.05, 0) is 0 Å². The highest BCUT2D eigenvalue weighted by molar-refractivity contribution is 5.77. The van der Waals surface area contributed by atoms with Crippen molar-refractivity contribution in [3.63, 3.8) is 0 Å². The monoisotopic (exact) mass is 191 g/mol. The van der Waals surface area contributed by atoms with Gasteiger partial charge in [-0.3, -0.25) is 5.10 Å². The largest absolute Gasteiger partial charge is 0.404 e. The van der Waals surface area contributed by atoms with Gasteiger partial charge in [0, 0.05) is 48.3 Å². The molecule has 0 saturated carbocycles. The van der Waals surface area contributed by atoms with E-state index in [9.17, 15) is 0 Å². The van der Waals surface area contributed by atoms with Crippen LogP contribution in [0.3, 0.4) is 0 Å². The second-order valence-corrected chi connectivity index (χ2v) is 3.32. The molecular weight excluding hydrogens is 178 g/mol. The zero-order chi connectivity index (χ0) is 9.97. The van der Waals surface area contributed by atoms with Gasteiger partial charge in [0.15, 0.2) is 0 Å². The minimum absolute atomic E-state index is 0.130. The molecular formula is C9H13N5. The summed E-state index contributed by atoms with van der Waals surface area (Å²) in [6, 6.07) is 0.130. The molecule has 0 bridgehead atoms. The van der Waals surface area contributed by atoms with E-state index in [2.05, 4.69) is 15.5 Å². The smallest absolute Gasteiger partial charge is 0.0535 e. The van der Waals surface area contributed by atoms with E-state index in [-0.39, 0.29) is 6.04 Å². The van der Waals surface area contributed by atoms with E-state index in [0.29, 0.717) is 0 Å². The van der Waals surface area contributed by atoms with Gasteiger partial charge in [0.25, 0.3) is 0 Å². The van der Waals surface area contributed by atoms with Crippen molar-refractivity contribution < 1.29 is 0 Å². The molecule has 1 atom stereocenters. The number of nitrogens with zero attached hydrogens (tertiary/aromatic N) is 1. The molecule has 0 aromatic carbocycles. The van der Waals surface area contributed by atoms with Crippen LogP contribution in [0.1, 0.15) is 11.3 Å². The molecule has 1 aliphatic rings. The highest BCUT2D eigenvalue weighted by Gasteiger charge is 2.21. The Balaban J connectivity index is 2.18. The second-order valence-electron chi connectivity index (χ2n) is 3.32. The summed E-state index contributed by atoms with van der Waals surface area (Å²) in [5.74, 6) is 0. The average molecular weight is 191 g/mol. The third-order valence-electron chi connectivity index (χ3n) is 2.52. The fraction of sp³-hybridized carbons (Fsp3) is 0.333. The summed E-state index contributed by atoms with van der Waals surface area (Å²) >= 11 is 0. The number of aromatic nitrogens is 2. The Bertz CT molecular complexity index is 365. The maximum Gasteiger partial charge on any atom is 0.0535 e. The molecule has 5 nitrogen and oxygen atoms in total. The maximum atomic E-state index is 7.20. The van der Waals surface area contributed by atoms with Crippen molar-refractivity contribution in [2.24, 2.45) is 5.73 Å². The fourth-order valence-electron chi connectivity index (χ4n) is 1.68. The molecule has 5 heteroatoms. The molecule has 0 aliphatic carbocycles. The molecule has 0 radical (unpaired) electrons. The number of fused-ring (bicyclic) bond motifs is 1. The first kappa shape index (κ1) is 8.96. The number of hydrogen-bond donors (Lipinski definition) is 4. The standard InChI is InChI=1S/C9H13N5/c10-2-6(3-11)8-1-9-7(4-12-8)5-13-14-9/h2-3,5,8,10,12H,1,4,11H2,(H,13,14)/b6-3+,10-2?. The first-order chi connectivity index (χ1) is 6.85. The summed E-state index contributed by atoms with van der Waals surface area (Å²) in [6.45, 7) is 0.779.